The molecule has 6 nitrogen and oxygen atoms in total. The second kappa shape index (κ2) is 7.70. The van der Waals surface area contributed by atoms with E-state index >= 15 is 0 Å². The Morgan fingerprint density at radius 3 is 2.23 bits per heavy atom. The van der Waals surface area contributed by atoms with Crippen molar-refractivity contribution in [2.75, 3.05) is 20.0 Å². The molecule has 1 fully saturated rings. The number of carbonyl (C=O) groups excluding carboxylic acids is 2. The van der Waals surface area contributed by atoms with Crippen molar-refractivity contribution >= 4 is 23.6 Å². The first-order valence-corrected chi connectivity index (χ1v) is 9.03. The monoisotopic (exact) mass is 372 g/mol. The van der Waals surface area contributed by atoms with Crippen LogP contribution in [0.1, 0.15) is 21.3 Å². The van der Waals surface area contributed by atoms with Gasteiger partial charge in [0.05, 0.1) is 26.2 Å². The standard InChI is InChI=1S/C19H19NO5S/c1-24-14-8-13(9-15(10-14)25-2)17(21)20-16(19(22)23)11-26-18(20)12-6-4-3-5-7-12/h3-10,16,18H,11H2,1-2H3,(H,22,23)/p-1/t16-,18-/m1/s1. The van der Waals surface area contributed by atoms with Gasteiger partial charge in [-0.15, -0.1) is 11.8 Å². The predicted octanol–water partition coefficient (Wildman–Crippen LogP) is 1.71. The molecule has 2 atom stereocenters. The Bertz CT molecular complexity index is 789. The molecule has 0 aromatic heterocycles. The van der Waals surface area contributed by atoms with E-state index in [4.69, 9.17) is 9.47 Å². The fraction of sp³-hybridized carbons (Fsp3) is 0.263. The van der Waals surface area contributed by atoms with Crippen LogP contribution in [0.2, 0.25) is 0 Å². The van der Waals surface area contributed by atoms with Crippen molar-refractivity contribution in [2.24, 2.45) is 0 Å². The van der Waals surface area contributed by atoms with Gasteiger partial charge < -0.3 is 24.3 Å². The van der Waals surface area contributed by atoms with E-state index in [0.29, 0.717) is 17.1 Å². The second-order valence-corrected chi connectivity index (χ2v) is 6.86. The lowest BCUT2D eigenvalue weighted by Gasteiger charge is -2.30. The minimum Gasteiger partial charge on any atom is -0.548 e. The number of nitrogens with zero attached hydrogens (tertiary/aromatic N) is 1. The fourth-order valence-corrected chi connectivity index (χ4v) is 4.30. The molecule has 7 heteroatoms. The molecule has 1 aliphatic heterocycles. The van der Waals surface area contributed by atoms with E-state index in [-0.39, 0.29) is 5.75 Å². The van der Waals surface area contributed by atoms with Crippen LogP contribution >= 0.6 is 11.8 Å². The maximum Gasteiger partial charge on any atom is 0.255 e. The van der Waals surface area contributed by atoms with Gasteiger partial charge in [-0.1, -0.05) is 30.3 Å². The molecular weight excluding hydrogens is 354 g/mol. The molecule has 2 aromatic rings. The van der Waals surface area contributed by atoms with Gasteiger partial charge in [0.1, 0.15) is 16.9 Å². The molecule has 0 aliphatic carbocycles. The molecular formula is C19H18NO5S-. The van der Waals surface area contributed by atoms with Crippen LogP contribution in [0, 0.1) is 0 Å². The Hall–Kier alpha value is -2.67. The van der Waals surface area contributed by atoms with Gasteiger partial charge in [0.2, 0.25) is 0 Å². The summed E-state index contributed by atoms with van der Waals surface area (Å²) in [5.74, 6) is -0.481. The molecule has 1 heterocycles. The average molecular weight is 372 g/mol. The number of carbonyl (C=O) groups is 2. The van der Waals surface area contributed by atoms with Crippen molar-refractivity contribution < 1.29 is 24.2 Å². The SMILES string of the molecule is COc1cc(OC)cc(C(=O)N2[C@@H](C(=O)[O-])CS[C@@H]2c2ccccc2)c1. The molecule has 136 valence electrons. The first-order valence-electron chi connectivity index (χ1n) is 7.98. The van der Waals surface area contributed by atoms with E-state index in [1.54, 1.807) is 18.2 Å². The van der Waals surface area contributed by atoms with Gasteiger partial charge in [-0.2, -0.15) is 0 Å². The average Bonchev–Trinajstić information content (AvgIpc) is 3.13. The van der Waals surface area contributed by atoms with Gasteiger partial charge in [-0.25, -0.2) is 0 Å². The smallest absolute Gasteiger partial charge is 0.255 e. The topological polar surface area (TPSA) is 78.9 Å². The molecule has 0 saturated carbocycles. The largest absolute Gasteiger partial charge is 0.548 e. The third kappa shape index (κ3) is 3.48. The van der Waals surface area contributed by atoms with Crippen LogP contribution < -0.4 is 14.6 Å². The zero-order chi connectivity index (χ0) is 18.7. The zero-order valence-corrected chi connectivity index (χ0v) is 15.2. The van der Waals surface area contributed by atoms with E-state index in [9.17, 15) is 14.7 Å². The zero-order valence-electron chi connectivity index (χ0n) is 14.4. The summed E-state index contributed by atoms with van der Waals surface area (Å²) in [6.45, 7) is 0. The number of carboxylic acids is 1. The first kappa shape index (κ1) is 18.1. The third-order valence-electron chi connectivity index (χ3n) is 4.19. The van der Waals surface area contributed by atoms with Crippen LogP contribution in [0.5, 0.6) is 11.5 Å². The number of rotatable bonds is 5. The van der Waals surface area contributed by atoms with Gasteiger partial charge >= 0.3 is 0 Å². The summed E-state index contributed by atoms with van der Waals surface area (Å²) in [6, 6.07) is 13.1. The normalized spacial score (nSPS) is 19.2. The molecule has 1 amide bonds. The second-order valence-electron chi connectivity index (χ2n) is 5.74. The van der Waals surface area contributed by atoms with Crippen molar-refractivity contribution in [1.82, 2.24) is 4.90 Å². The van der Waals surface area contributed by atoms with Gasteiger partial charge in [0.25, 0.3) is 5.91 Å². The van der Waals surface area contributed by atoms with Crippen molar-refractivity contribution in [3.05, 3.63) is 59.7 Å². The first-order chi connectivity index (χ1) is 12.5. The summed E-state index contributed by atoms with van der Waals surface area (Å²) in [4.78, 5) is 26.2. The van der Waals surface area contributed by atoms with E-state index < -0.39 is 23.3 Å². The van der Waals surface area contributed by atoms with E-state index in [0.717, 1.165) is 5.56 Å². The van der Waals surface area contributed by atoms with Crippen LogP contribution in [0.25, 0.3) is 0 Å². The Morgan fingerprint density at radius 1 is 1.08 bits per heavy atom. The number of aliphatic carboxylic acids is 1. The third-order valence-corrected chi connectivity index (χ3v) is 5.51. The highest BCUT2D eigenvalue weighted by atomic mass is 32.2. The van der Waals surface area contributed by atoms with Crippen LogP contribution in [-0.4, -0.2) is 42.8 Å². The number of amides is 1. The minimum atomic E-state index is -1.26. The quantitative estimate of drug-likeness (QED) is 0.795. The molecule has 1 aliphatic rings. The van der Waals surface area contributed by atoms with E-state index in [1.807, 2.05) is 30.3 Å². The van der Waals surface area contributed by atoms with Gasteiger partial charge in [0, 0.05) is 17.4 Å². The number of ether oxygens (including phenoxy) is 2. The highest BCUT2D eigenvalue weighted by Crippen LogP contribution is 2.42. The van der Waals surface area contributed by atoms with Crippen LogP contribution in [0.3, 0.4) is 0 Å². The summed E-state index contributed by atoms with van der Waals surface area (Å²) in [6.07, 6.45) is 0. The highest BCUT2D eigenvalue weighted by Gasteiger charge is 2.39. The molecule has 2 aromatic carbocycles. The molecule has 0 N–H and O–H groups in total. The van der Waals surface area contributed by atoms with Crippen LogP contribution in [0.15, 0.2) is 48.5 Å². The van der Waals surface area contributed by atoms with Crippen LogP contribution in [-0.2, 0) is 4.79 Å². The summed E-state index contributed by atoms with van der Waals surface area (Å²) >= 11 is 1.40. The number of carboxylic acid groups (broad SMARTS) is 1. The molecule has 0 bridgehead atoms. The van der Waals surface area contributed by atoms with E-state index in [1.165, 1.54) is 30.9 Å². The summed E-state index contributed by atoms with van der Waals surface area (Å²) < 4.78 is 10.4. The molecule has 3 rings (SSSR count). The molecule has 0 unspecified atom stereocenters. The van der Waals surface area contributed by atoms with Gasteiger partial charge in [-0.3, -0.25) is 4.79 Å². The lowest BCUT2D eigenvalue weighted by atomic mass is 10.1. The van der Waals surface area contributed by atoms with Crippen molar-refractivity contribution in [1.29, 1.82) is 0 Å². The van der Waals surface area contributed by atoms with E-state index in [2.05, 4.69) is 0 Å². The maximum absolute atomic E-state index is 13.2. The predicted molar refractivity (Wildman–Crippen MR) is 96.2 cm³/mol. The number of methoxy groups -OCH3 is 2. The minimum absolute atomic E-state index is 0.273. The van der Waals surface area contributed by atoms with Crippen molar-refractivity contribution in [2.45, 2.75) is 11.4 Å². The Labute approximate surface area is 155 Å². The molecule has 0 radical (unpaired) electrons. The maximum atomic E-state index is 13.2. The van der Waals surface area contributed by atoms with Gasteiger partial charge in [0.15, 0.2) is 0 Å². The van der Waals surface area contributed by atoms with Crippen molar-refractivity contribution in [3.8, 4) is 11.5 Å². The highest BCUT2D eigenvalue weighted by molar-refractivity contribution is 7.99. The summed E-state index contributed by atoms with van der Waals surface area (Å²) in [7, 11) is 2.98. The van der Waals surface area contributed by atoms with Crippen molar-refractivity contribution in [3.63, 3.8) is 0 Å². The number of thioether (sulfide) groups is 1. The Balaban J connectivity index is 2.02. The van der Waals surface area contributed by atoms with Crippen LogP contribution in [0.4, 0.5) is 0 Å². The number of hydrogen-bond donors (Lipinski definition) is 0. The number of hydrogen-bond acceptors (Lipinski definition) is 6. The molecule has 1 saturated heterocycles. The lowest BCUT2D eigenvalue weighted by Crippen LogP contribution is -2.49. The summed E-state index contributed by atoms with van der Waals surface area (Å²) in [5.41, 5.74) is 1.17. The van der Waals surface area contributed by atoms with Gasteiger partial charge in [-0.05, 0) is 17.7 Å². The molecule has 26 heavy (non-hydrogen) atoms. The Kier molecular flexibility index (Phi) is 5.37. The number of benzene rings is 2. The fourth-order valence-electron chi connectivity index (χ4n) is 2.89. The molecule has 0 spiro atoms. The Morgan fingerprint density at radius 2 is 1.69 bits per heavy atom. The lowest BCUT2D eigenvalue weighted by molar-refractivity contribution is -0.310. The summed E-state index contributed by atoms with van der Waals surface area (Å²) in [5, 5.41) is 11.2.